The van der Waals surface area contributed by atoms with Crippen molar-refractivity contribution in [2.24, 2.45) is 0 Å². The Labute approximate surface area is 113 Å². The summed E-state index contributed by atoms with van der Waals surface area (Å²) in [4.78, 5) is 5.09. The molecule has 18 heavy (non-hydrogen) atoms. The van der Waals surface area contributed by atoms with Crippen molar-refractivity contribution in [1.29, 1.82) is 0 Å². The van der Waals surface area contributed by atoms with E-state index in [0.29, 0.717) is 0 Å². The zero-order valence-corrected chi connectivity index (χ0v) is 12.7. The monoisotopic (exact) mass is 254 g/mol. The van der Waals surface area contributed by atoms with Gasteiger partial charge in [-0.15, -0.1) is 0 Å². The van der Waals surface area contributed by atoms with E-state index in [-0.39, 0.29) is 0 Å². The van der Waals surface area contributed by atoms with Crippen LogP contribution >= 0.6 is 0 Å². The van der Waals surface area contributed by atoms with Gasteiger partial charge in [-0.05, 0) is 19.3 Å². The third-order valence-corrected chi connectivity index (χ3v) is 3.52. The third-order valence-electron chi connectivity index (χ3n) is 3.52. The van der Waals surface area contributed by atoms with Crippen molar-refractivity contribution in [2.45, 2.75) is 59.3 Å². The van der Waals surface area contributed by atoms with Crippen LogP contribution in [0.2, 0.25) is 0 Å². The minimum atomic E-state index is 1.13. The van der Waals surface area contributed by atoms with Gasteiger partial charge in [0.25, 0.3) is 0 Å². The van der Waals surface area contributed by atoms with Crippen LogP contribution in [0.15, 0.2) is 0 Å². The van der Waals surface area contributed by atoms with Gasteiger partial charge in [0.05, 0.1) is 13.1 Å². The summed E-state index contributed by atoms with van der Waals surface area (Å²) >= 11 is 0. The number of nitrogens with zero attached hydrogens (tertiary/aromatic N) is 3. The summed E-state index contributed by atoms with van der Waals surface area (Å²) in [7, 11) is 0. The standard InChI is InChI=1S/C15H32N3/c1-4-7-10-16-13-17(11-8-5-2)15-18(14-16)12-9-6-3/h13H,4-12,14-15H2,1-3H3/q+1. The molecule has 0 radical (unpaired) electrons. The lowest BCUT2D eigenvalue weighted by Gasteiger charge is -2.30. The zero-order chi connectivity index (χ0) is 13.2. The molecule has 0 spiro atoms. The Balaban J connectivity index is 2.48. The van der Waals surface area contributed by atoms with Crippen molar-refractivity contribution in [1.82, 2.24) is 9.80 Å². The molecule has 0 amide bonds. The number of unbranched alkanes of at least 4 members (excludes halogenated alkanes) is 3. The number of rotatable bonds is 9. The molecule has 1 aliphatic heterocycles. The quantitative estimate of drug-likeness (QED) is 0.585. The highest BCUT2D eigenvalue weighted by Gasteiger charge is 2.21. The molecular formula is C15H32N3+. The second-order valence-corrected chi connectivity index (χ2v) is 5.48. The van der Waals surface area contributed by atoms with Gasteiger partial charge in [0.15, 0.2) is 0 Å². The van der Waals surface area contributed by atoms with E-state index < -0.39 is 0 Å². The molecule has 0 aromatic heterocycles. The fourth-order valence-corrected chi connectivity index (χ4v) is 2.36. The molecule has 0 saturated carbocycles. The van der Waals surface area contributed by atoms with Crippen LogP contribution in [0.3, 0.4) is 0 Å². The topological polar surface area (TPSA) is 9.49 Å². The van der Waals surface area contributed by atoms with Gasteiger partial charge in [-0.25, -0.2) is 4.90 Å². The van der Waals surface area contributed by atoms with Crippen LogP contribution in [0.25, 0.3) is 0 Å². The van der Waals surface area contributed by atoms with E-state index in [1.165, 1.54) is 58.2 Å². The molecule has 0 unspecified atom stereocenters. The van der Waals surface area contributed by atoms with Crippen LogP contribution in [-0.4, -0.2) is 53.7 Å². The molecule has 1 rings (SSSR count). The van der Waals surface area contributed by atoms with Gasteiger partial charge in [-0.1, -0.05) is 40.0 Å². The van der Waals surface area contributed by atoms with Crippen LogP contribution in [0, 0.1) is 0 Å². The van der Waals surface area contributed by atoms with E-state index in [1.807, 2.05) is 0 Å². The van der Waals surface area contributed by atoms with Crippen molar-refractivity contribution >= 4 is 6.34 Å². The molecule has 106 valence electrons. The first-order valence-electron chi connectivity index (χ1n) is 7.85. The molecule has 3 heteroatoms. The Bertz CT molecular complexity index is 238. The normalized spacial score (nSPS) is 17.1. The van der Waals surface area contributed by atoms with Crippen LogP contribution < -0.4 is 0 Å². The first kappa shape index (κ1) is 15.5. The van der Waals surface area contributed by atoms with E-state index in [0.717, 1.165) is 13.3 Å². The predicted molar refractivity (Wildman–Crippen MR) is 79.1 cm³/mol. The summed E-state index contributed by atoms with van der Waals surface area (Å²) in [6, 6.07) is 0. The molecule has 1 heterocycles. The summed E-state index contributed by atoms with van der Waals surface area (Å²) in [6.45, 7) is 12.7. The zero-order valence-electron chi connectivity index (χ0n) is 12.7. The summed E-state index contributed by atoms with van der Waals surface area (Å²) in [5.41, 5.74) is 0. The minimum absolute atomic E-state index is 1.13. The molecule has 0 aromatic rings. The lowest BCUT2D eigenvalue weighted by molar-refractivity contribution is -0.557. The van der Waals surface area contributed by atoms with E-state index in [1.54, 1.807) is 0 Å². The molecule has 0 atom stereocenters. The van der Waals surface area contributed by atoms with Gasteiger partial charge < -0.3 is 0 Å². The summed E-state index contributed by atoms with van der Waals surface area (Å²) in [5.74, 6) is 0. The Kier molecular flexibility index (Phi) is 8.06. The maximum absolute atomic E-state index is 2.59. The van der Waals surface area contributed by atoms with Crippen molar-refractivity contribution < 1.29 is 4.58 Å². The highest BCUT2D eigenvalue weighted by molar-refractivity contribution is 5.49. The van der Waals surface area contributed by atoms with Crippen molar-refractivity contribution in [3.8, 4) is 0 Å². The maximum Gasteiger partial charge on any atom is 0.236 e. The first-order valence-corrected chi connectivity index (χ1v) is 7.85. The largest absolute Gasteiger partial charge is 0.255 e. The lowest BCUT2D eigenvalue weighted by atomic mass is 10.3. The summed E-state index contributed by atoms with van der Waals surface area (Å²) in [5, 5.41) is 0. The van der Waals surface area contributed by atoms with Gasteiger partial charge in [-0.2, -0.15) is 0 Å². The van der Waals surface area contributed by atoms with Crippen molar-refractivity contribution in [2.75, 3.05) is 33.0 Å². The second-order valence-electron chi connectivity index (χ2n) is 5.48. The van der Waals surface area contributed by atoms with Crippen LogP contribution in [-0.2, 0) is 0 Å². The number of hydrogen-bond acceptors (Lipinski definition) is 2. The molecule has 1 aliphatic rings. The van der Waals surface area contributed by atoms with E-state index >= 15 is 0 Å². The predicted octanol–water partition coefficient (Wildman–Crippen LogP) is 2.96. The third kappa shape index (κ3) is 5.85. The smallest absolute Gasteiger partial charge is 0.236 e. The molecule has 0 fully saturated rings. The van der Waals surface area contributed by atoms with Crippen molar-refractivity contribution in [3.05, 3.63) is 0 Å². The lowest BCUT2D eigenvalue weighted by Crippen LogP contribution is -2.49. The Morgan fingerprint density at radius 3 is 2.28 bits per heavy atom. The molecule has 0 N–H and O–H groups in total. The summed E-state index contributed by atoms with van der Waals surface area (Å²) in [6.07, 6.45) is 10.2. The Morgan fingerprint density at radius 1 is 0.944 bits per heavy atom. The van der Waals surface area contributed by atoms with E-state index in [2.05, 4.69) is 41.5 Å². The average molecular weight is 254 g/mol. The van der Waals surface area contributed by atoms with Crippen molar-refractivity contribution in [3.63, 3.8) is 0 Å². The fourth-order valence-electron chi connectivity index (χ4n) is 2.36. The Morgan fingerprint density at radius 2 is 1.61 bits per heavy atom. The molecule has 0 aromatic carbocycles. The Hall–Kier alpha value is -0.570. The first-order chi connectivity index (χ1) is 8.80. The molecule has 0 bridgehead atoms. The molecular weight excluding hydrogens is 222 g/mol. The van der Waals surface area contributed by atoms with Crippen LogP contribution in [0.5, 0.6) is 0 Å². The highest BCUT2D eigenvalue weighted by Crippen LogP contribution is 2.05. The molecule has 0 aliphatic carbocycles. The average Bonchev–Trinajstić information content (AvgIpc) is 2.40. The number of hydrogen-bond donors (Lipinski definition) is 0. The van der Waals surface area contributed by atoms with Crippen LogP contribution in [0.4, 0.5) is 0 Å². The SMILES string of the molecule is CCCCN1C=[N+](CCCC)CN(CCCC)C1. The van der Waals surface area contributed by atoms with Gasteiger partial charge >= 0.3 is 0 Å². The van der Waals surface area contributed by atoms with E-state index in [9.17, 15) is 0 Å². The van der Waals surface area contributed by atoms with Gasteiger partial charge in [0.1, 0.15) is 13.3 Å². The maximum atomic E-state index is 2.59. The minimum Gasteiger partial charge on any atom is -0.255 e. The molecule has 0 saturated heterocycles. The van der Waals surface area contributed by atoms with Crippen LogP contribution in [0.1, 0.15) is 59.3 Å². The van der Waals surface area contributed by atoms with Gasteiger partial charge in [0.2, 0.25) is 6.34 Å². The fraction of sp³-hybridized carbons (Fsp3) is 0.933. The van der Waals surface area contributed by atoms with Gasteiger partial charge in [0, 0.05) is 6.54 Å². The molecule has 3 nitrogen and oxygen atoms in total. The van der Waals surface area contributed by atoms with Gasteiger partial charge in [-0.3, -0.25) is 9.48 Å². The summed E-state index contributed by atoms with van der Waals surface area (Å²) < 4.78 is 2.50. The second kappa shape index (κ2) is 9.37. The highest BCUT2D eigenvalue weighted by atomic mass is 15.4. The van der Waals surface area contributed by atoms with E-state index in [4.69, 9.17) is 0 Å².